The average Bonchev–Trinajstić information content (AvgIpc) is 2.37. The van der Waals surface area contributed by atoms with E-state index in [2.05, 4.69) is 23.8 Å². The maximum atomic E-state index is 6.06. The highest BCUT2D eigenvalue weighted by Crippen LogP contribution is 2.32. The van der Waals surface area contributed by atoms with Gasteiger partial charge in [0.05, 0.1) is 12.7 Å². The summed E-state index contributed by atoms with van der Waals surface area (Å²) in [5, 5.41) is 0.606. The second kappa shape index (κ2) is 5.67. The van der Waals surface area contributed by atoms with Crippen molar-refractivity contribution >= 4 is 17.4 Å². The SMILES string of the molecule is COc1cc(Cl)ccc1-c1nc(C)c(C(C)C)c(N)n1. The van der Waals surface area contributed by atoms with Crippen LogP contribution in [0.5, 0.6) is 5.75 Å². The molecule has 0 aliphatic carbocycles. The molecule has 0 spiro atoms. The van der Waals surface area contributed by atoms with Crippen molar-refractivity contribution in [1.82, 2.24) is 9.97 Å². The maximum Gasteiger partial charge on any atom is 0.165 e. The van der Waals surface area contributed by atoms with Gasteiger partial charge in [-0.25, -0.2) is 9.97 Å². The molecule has 0 saturated carbocycles. The molecule has 0 saturated heterocycles. The Morgan fingerprint density at radius 1 is 1.25 bits per heavy atom. The molecule has 0 atom stereocenters. The maximum absolute atomic E-state index is 6.06. The predicted octanol–water partition coefficient (Wildman–Crippen LogP) is 3.82. The van der Waals surface area contributed by atoms with Crippen LogP contribution in [0.4, 0.5) is 5.82 Å². The zero-order valence-corrected chi connectivity index (χ0v) is 12.8. The number of halogens is 1. The van der Waals surface area contributed by atoms with E-state index in [-0.39, 0.29) is 5.92 Å². The normalized spacial score (nSPS) is 10.9. The van der Waals surface area contributed by atoms with Crippen molar-refractivity contribution in [2.75, 3.05) is 12.8 Å². The number of rotatable bonds is 3. The Labute approximate surface area is 124 Å². The monoisotopic (exact) mass is 291 g/mol. The van der Waals surface area contributed by atoms with E-state index < -0.39 is 0 Å². The van der Waals surface area contributed by atoms with Crippen molar-refractivity contribution in [3.63, 3.8) is 0 Å². The first-order valence-electron chi connectivity index (χ1n) is 6.42. The van der Waals surface area contributed by atoms with Crippen molar-refractivity contribution in [2.45, 2.75) is 26.7 Å². The molecule has 2 aromatic rings. The van der Waals surface area contributed by atoms with Crippen LogP contribution in [0, 0.1) is 6.92 Å². The minimum atomic E-state index is 0.288. The molecule has 5 heteroatoms. The van der Waals surface area contributed by atoms with Crippen molar-refractivity contribution in [3.05, 3.63) is 34.5 Å². The largest absolute Gasteiger partial charge is 0.496 e. The fraction of sp³-hybridized carbons (Fsp3) is 0.333. The lowest BCUT2D eigenvalue weighted by atomic mass is 10.0. The van der Waals surface area contributed by atoms with Gasteiger partial charge >= 0.3 is 0 Å². The third kappa shape index (κ3) is 2.70. The van der Waals surface area contributed by atoms with E-state index in [1.165, 1.54) is 0 Å². The number of aromatic nitrogens is 2. The first-order valence-corrected chi connectivity index (χ1v) is 6.79. The zero-order chi connectivity index (χ0) is 14.9. The number of anilines is 1. The van der Waals surface area contributed by atoms with E-state index in [1.54, 1.807) is 19.2 Å². The Kier molecular flexibility index (Phi) is 4.14. The van der Waals surface area contributed by atoms with Crippen molar-refractivity contribution in [3.8, 4) is 17.1 Å². The van der Waals surface area contributed by atoms with E-state index in [0.29, 0.717) is 22.4 Å². The van der Waals surface area contributed by atoms with Gasteiger partial charge in [-0.15, -0.1) is 0 Å². The van der Waals surface area contributed by atoms with Crippen LogP contribution in [0.3, 0.4) is 0 Å². The lowest BCUT2D eigenvalue weighted by Crippen LogP contribution is -2.07. The highest BCUT2D eigenvalue weighted by molar-refractivity contribution is 6.30. The molecular weight excluding hydrogens is 274 g/mol. The van der Waals surface area contributed by atoms with Crippen LogP contribution in [0.1, 0.15) is 31.0 Å². The molecule has 1 aromatic carbocycles. The molecule has 106 valence electrons. The molecule has 4 nitrogen and oxygen atoms in total. The molecule has 2 rings (SSSR count). The number of hydrogen-bond donors (Lipinski definition) is 1. The summed E-state index contributed by atoms with van der Waals surface area (Å²) in [7, 11) is 1.59. The van der Waals surface area contributed by atoms with Gasteiger partial charge in [-0.05, 0) is 31.0 Å². The fourth-order valence-electron chi connectivity index (χ4n) is 2.29. The summed E-state index contributed by atoms with van der Waals surface area (Å²) in [5.74, 6) is 1.99. The topological polar surface area (TPSA) is 61.0 Å². The van der Waals surface area contributed by atoms with Crippen LogP contribution in [-0.4, -0.2) is 17.1 Å². The second-order valence-electron chi connectivity index (χ2n) is 4.93. The molecule has 0 unspecified atom stereocenters. The molecule has 0 aliphatic heterocycles. The number of methoxy groups -OCH3 is 1. The molecule has 1 heterocycles. The lowest BCUT2D eigenvalue weighted by molar-refractivity contribution is 0.416. The van der Waals surface area contributed by atoms with Gasteiger partial charge in [-0.3, -0.25) is 0 Å². The first-order chi connectivity index (χ1) is 9.43. The van der Waals surface area contributed by atoms with Crippen LogP contribution in [0.15, 0.2) is 18.2 Å². The summed E-state index contributed by atoms with van der Waals surface area (Å²) in [6.07, 6.45) is 0. The van der Waals surface area contributed by atoms with Gasteiger partial charge in [0.15, 0.2) is 5.82 Å². The number of nitrogens with zero attached hydrogens (tertiary/aromatic N) is 2. The van der Waals surface area contributed by atoms with Gasteiger partial charge in [0.25, 0.3) is 0 Å². The molecule has 0 amide bonds. The number of aryl methyl sites for hydroxylation is 1. The Morgan fingerprint density at radius 3 is 2.50 bits per heavy atom. The van der Waals surface area contributed by atoms with Crippen molar-refractivity contribution < 1.29 is 4.74 Å². The second-order valence-corrected chi connectivity index (χ2v) is 5.37. The Morgan fingerprint density at radius 2 is 1.95 bits per heavy atom. The zero-order valence-electron chi connectivity index (χ0n) is 12.1. The van der Waals surface area contributed by atoms with Gasteiger partial charge < -0.3 is 10.5 Å². The summed E-state index contributed by atoms with van der Waals surface area (Å²) in [6, 6.07) is 5.36. The van der Waals surface area contributed by atoms with Gasteiger partial charge in [0.1, 0.15) is 11.6 Å². The molecule has 0 radical (unpaired) electrons. The standard InChI is InChI=1S/C15H18ClN3O/c1-8(2)13-9(3)18-15(19-14(13)17)11-6-5-10(16)7-12(11)20-4/h5-8H,1-4H3,(H2,17,18,19). The smallest absolute Gasteiger partial charge is 0.165 e. The summed E-state index contributed by atoms with van der Waals surface area (Å²) in [4.78, 5) is 8.96. The van der Waals surface area contributed by atoms with Crippen molar-refractivity contribution in [2.24, 2.45) is 0 Å². The summed E-state index contributed by atoms with van der Waals surface area (Å²) < 4.78 is 5.33. The predicted molar refractivity (Wildman–Crippen MR) is 82.3 cm³/mol. The Hall–Kier alpha value is -1.81. The van der Waals surface area contributed by atoms with E-state index >= 15 is 0 Å². The summed E-state index contributed by atoms with van der Waals surface area (Å²) in [5.41, 5.74) is 8.72. The van der Waals surface area contributed by atoms with Crippen molar-refractivity contribution in [1.29, 1.82) is 0 Å². The molecule has 0 fully saturated rings. The van der Waals surface area contributed by atoms with Crippen LogP contribution in [0.25, 0.3) is 11.4 Å². The molecule has 0 bridgehead atoms. The van der Waals surface area contributed by atoms with E-state index in [4.69, 9.17) is 22.1 Å². The number of nitrogen functional groups attached to an aromatic ring is 1. The number of hydrogen-bond acceptors (Lipinski definition) is 4. The quantitative estimate of drug-likeness (QED) is 0.934. The first kappa shape index (κ1) is 14.6. The molecule has 1 aromatic heterocycles. The number of benzene rings is 1. The van der Waals surface area contributed by atoms with Crippen LogP contribution in [-0.2, 0) is 0 Å². The third-order valence-electron chi connectivity index (χ3n) is 3.15. The number of ether oxygens (including phenoxy) is 1. The third-order valence-corrected chi connectivity index (χ3v) is 3.38. The van der Waals surface area contributed by atoms with Gasteiger partial charge in [0.2, 0.25) is 0 Å². The molecule has 0 aliphatic rings. The Balaban J connectivity index is 2.60. The minimum absolute atomic E-state index is 0.288. The highest BCUT2D eigenvalue weighted by atomic mass is 35.5. The molecular formula is C15H18ClN3O. The van der Waals surface area contributed by atoms with Crippen LogP contribution in [0.2, 0.25) is 5.02 Å². The lowest BCUT2D eigenvalue weighted by Gasteiger charge is -2.14. The minimum Gasteiger partial charge on any atom is -0.496 e. The number of nitrogens with two attached hydrogens (primary N) is 1. The van der Waals surface area contributed by atoms with Gasteiger partial charge in [-0.2, -0.15) is 0 Å². The molecule has 2 N–H and O–H groups in total. The van der Waals surface area contributed by atoms with E-state index in [9.17, 15) is 0 Å². The Bertz CT molecular complexity index is 618. The highest BCUT2D eigenvalue weighted by Gasteiger charge is 2.16. The fourth-order valence-corrected chi connectivity index (χ4v) is 2.45. The summed E-state index contributed by atoms with van der Waals surface area (Å²) >= 11 is 5.97. The van der Waals surface area contributed by atoms with Crippen LogP contribution >= 0.6 is 11.6 Å². The summed E-state index contributed by atoms with van der Waals surface area (Å²) in [6.45, 7) is 6.09. The van der Waals surface area contributed by atoms with Crippen LogP contribution < -0.4 is 10.5 Å². The van der Waals surface area contributed by atoms with Gasteiger partial charge in [-0.1, -0.05) is 25.4 Å². The average molecular weight is 292 g/mol. The molecule has 20 heavy (non-hydrogen) atoms. The van der Waals surface area contributed by atoms with E-state index in [1.807, 2.05) is 13.0 Å². The van der Waals surface area contributed by atoms with E-state index in [0.717, 1.165) is 16.8 Å². The van der Waals surface area contributed by atoms with Gasteiger partial charge in [0, 0.05) is 16.3 Å².